The van der Waals surface area contributed by atoms with E-state index in [0.29, 0.717) is 22.7 Å². The fraction of sp³-hybridized carbons (Fsp3) is 0.240. The zero-order chi connectivity index (χ0) is 22.2. The Morgan fingerprint density at radius 2 is 1.94 bits per heavy atom. The quantitative estimate of drug-likeness (QED) is 0.596. The number of allylic oxidation sites excluding steroid dienone is 3. The van der Waals surface area contributed by atoms with Gasteiger partial charge in [0.25, 0.3) is 5.91 Å². The summed E-state index contributed by atoms with van der Waals surface area (Å²) in [6.45, 7) is 1.90. The lowest BCUT2D eigenvalue weighted by atomic mass is 9.75. The minimum absolute atomic E-state index is 0.0948. The number of benzene rings is 2. The third-order valence-electron chi connectivity index (χ3n) is 5.98. The number of methoxy groups -OCH3 is 1. The van der Waals surface area contributed by atoms with E-state index in [1.807, 2.05) is 55.5 Å². The molecule has 7 heteroatoms. The van der Waals surface area contributed by atoms with E-state index in [9.17, 15) is 9.59 Å². The van der Waals surface area contributed by atoms with E-state index in [-0.39, 0.29) is 11.7 Å². The molecule has 162 valence electrons. The average Bonchev–Trinajstić information content (AvgIpc) is 3.20. The largest absolute Gasteiger partial charge is 0.497 e. The van der Waals surface area contributed by atoms with Crippen LogP contribution in [0.4, 0.5) is 5.13 Å². The number of para-hydroxylation sites is 1. The van der Waals surface area contributed by atoms with Gasteiger partial charge in [-0.25, -0.2) is 4.98 Å². The molecule has 2 N–H and O–H groups in total. The fourth-order valence-corrected chi connectivity index (χ4v) is 5.37. The number of fused-ring (bicyclic) bond motifs is 1. The average molecular weight is 446 g/mol. The van der Waals surface area contributed by atoms with Gasteiger partial charge in [0.1, 0.15) is 5.75 Å². The number of anilines is 1. The van der Waals surface area contributed by atoms with E-state index >= 15 is 0 Å². The molecule has 5 rings (SSSR count). The molecule has 0 radical (unpaired) electrons. The molecule has 0 fully saturated rings. The number of hydrogen-bond acceptors (Lipinski definition) is 6. The number of dihydropyridines is 1. The summed E-state index contributed by atoms with van der Waals surface area (Å²) in [7, 11) is 1.62. The summed E-state index contributed by atoms with van der Waals surface area (Å²) in [5.41, 5.74) is 4.67. The molecular formula is C25H23N3O3S. The molecule has 32 heavy (non-hydrogen) atoms. The van der Waals surface area contributed by atoms with Gasteiger partial charge in [0.2, 0.25) is 0 Å². The molecule has 1 amide bonds. The highest BCUT2D eigenvalue weighted by Crippen LogP contribution is 2.43. The molecule has 0 saturated heterocycles. The van der Waals surface area contributed by atoms with Gasteiger partial charge < -0.3 is 10.1 Å². The molecule has 1 unspecified atom stereocenters. The Labute approximate surface area is 190 Å². The molecule has 2 aromatic carbocycles. The first-order valence-corrected chi connectivity index (χ1v) is 11.4. The number of nitrogens with one attached hydrogen (secondary N) is 2. The Morgan fingerprint density at radius 1 is 1.16 bits per heavy atom. The van der Waals surface area contributed by atoms with Gasteiger partial charge in [0.05, 0.1) is 17.3 Å². The van der Waals surface area contributed by atoms with Crippen LogP contribution in [-0.2, 0) is 9.59 Å². The smallest absolute Gasteiger partial charge is 0.256 e. The molecule has 3 aromatic rings. The van der Waals surface area contributed by atoms with Crippen LogP contribution in [0.3, 0.4) is 0 Å². The first kappa shape index (κ1) is 20.5. The van der Waals surface area contributed by atoms with E-state index in [1.165, 1.54) is 11.3 Å². The summed E-state index contributed by atoms with van der Waals surface area (Å²) in [5, 5.41) is 6.87. The molecule has 6 nitrogen and oxygen atoms in total. The third kappa shape index (κ3) is 3.58. The maximum Gasteiger partial charge on any atom is 0.256 e. The SMILES string of the molecule is COc1ccc(C2C(C(=O)Nc3nc4ccccc4s3)=C(C)NC3=C2C(=O)CCC3)cc1. The van der Waals surface area contributed by atoms with E-state index in [1.54, 1.807) is 7.11 Å². The first-order valence-electron chi connectivity index (χ1n) is 10.6. The molecule has 1 aromatic heterocycles. The van der Waals surface area contributed by atoms with Crippen molar-refractivity contribution in [3.8, 4) is 5.75 Å². The van der Waals surface area contributed by atoms with Crippen molar-refractivity contribution >= 4 is 38.4 Å². The van der Waals surface area contributed by atoms with Crippen LogP contribution < -0.4 is 15.4 Å². The lowest BCUT2D eigenvalue weighted by Gasteiger charge is -2.34. The van der Waals surface area contributed by atoms with Crippen LogP contribution in [0, 0.1) is 0 Å². The zero-order valence-electron chi connectivity index (χ0n) is 17.9. The number of ether oxygens (including phenoxy) is 1. The predicted octanol–water partition coefficient (Wildman–Crippen LogP) is 4.91. The molecular weight excluding hydrogens is 422 g/mol. The number of aromatic nitrogens is 1. The molecule has 1 aliphatic carbocycles. The maximum atomic E-state index is 13.5. The van der Waals surface area contributed by atoms with Crippen LogP contribution in [0.25, 0.3) is 10.2 Å². The van der Waals surface area contributed by atoms with E-state index in [0.717, 1.165) is 45.8 Å². The Hall–Kier alpha value is -3.45. The van der Waals surface area contributed by atoms with Crippen LogP contribution in [0.1, 0.15) is 37.7 Å². The van der Waals surface area contributed by atoms with Crippen molar-refractivity contribution in [2.24, 2.45) is 0 Å². The Bertz CT molecular complexity index is 1250. The van der Waals surface area contributed by atoms with Crippen molar-refractivity contribution in [1.82, 2.24) is 10.3 Å². The lowest BCUT2D eigenvalue weighted by molar-refractivity contribution is -0.116. The predicted molar refractivity (Wildman–Crippen MR) is 126 cm³/mol. The van der Waals surface area contributed by atoms with E-state index < -0.39 is 5.92 Å². The molecule has 0 spiro atoms. The molecule has 0 bridgehead atoms. The Balaban J connectivity index is 1.55. The summed E-state index contributed by atoms with van der Waals surface area (Å²) >= 11 is 1.43. The number of nitrogens with zero attached hydrogens (tertiary/aromatic N) is 1. The van der Waals surface area contributed by atoms with Crippen molar-refractivity contribution < 1.29 is 14.3 Å². The summed E-state index contributed by atoms with van der Waals surface area (Å²) in [4.78, 5) is 31.1. The number of carbonyl (C=O) groups is 2. The second kappa shape index (κ2) is 8.24. The highest BCUT2D eigenvalue weighted by Gasteiger charge is 2.38. The third-order valence-corrected chi connectivity index (χ3v) is 6.94. The maximum absolute atomic E-state index is 13.5. The molecule has 2 heterocycles. The van der Waals surface area contributed by atoms with Crippen molar-refractivity contribution in [3.05, 3.63) is 76.6 Å². The van der Waals surface area contributed by atoms with Crippen LogP contribution in [-0.4, -0.2) is 23.8 Å². The van der Waals surface area contributed by atoms with Gasteiger partial charge in [-0.2, -0.15) is 0 Å². The number of thiazole rings is 1. The number of amides is 1. The number of rotatable bonds is 4. The van der Waals surface area contributed by atoms with Crippen molar-refractivity contribution in [2.45, 2.75) is 32.1 Å². The zero-order valence-corrected chi connectivity index (χ0v) is 18.7. The summed E-state index contributed by atoms with van der Waals surface area (Å²) < 4.78 is 6.31. The van der Waals surface area contributed by atoms with Gasteiger partial charge in [0, 0.05) is 34.9 Å². The Morgan fingerprint density at radius 3 is 2.69 bits per heavy atom. The minimum atomic E-state index is -0.431. The van der Waals surface area contributed by atoms with Gasteiger partial charge in [-0.1, -0.05) is 35.6 Å². The van der Waals surface area contributed by atoms with E-state index in [2.05, 4.69) is 15.6 Å². The highest BCUT2D eigenvalue weighted by atomic mass is 32.1. The Kier molecular flexibility index (Phi) is 5.27. The highest BCUT2D eigenvalue weighted by molar-refractivity contribution is 7.22. The second-order valence-corrected chi connectivity index (χ2v) is 9.01. The molecule has 2 aliphatic rings. The van der Waals surface area contributed by atoms with Crippen LogP contribution in [0.2, 0.25) is 0 Å². The normalized spacial score (nSPS) is 18.4. The van der Waals surface area contributed by atoms with Gasteiger partial charge in [-0.15, -0.1) is 0 Å². The van der Waals surface area contributed by atoms with Crippen LogP contribution >= 0.6 is 11.3 Å². The molecule has 1 atom stereocenters. The number of hydrogen-bond donors (Lipinski definition) is 2. The van der Waals surface area contributed by atoms with Gasteiger partial charge >= 0.3 is 0 Å². The minimum Gasteiger partial charge on any atom is -0.497 e. The van der Waals surface area contributed by atoms with Gasteiger partial charge in [-0.3, -0.25) is 14.9 Å². The van der Waals surface area contributed by atoms with Gasteiger partial charge in [0.15, 0.2) is 10.9 Å². The topological polar surface area (TPSA) is 80.3 Å². The lowest BCUT2D eigenvalue weighted by Crippen LogP contribution is -2.35. The molecule has 1 aliphatic heterocycles. The van der Waals surface area contributed by atoms with Crippen molar-refractivity contribution in [3.63, 3.8) is 0 Å². The van der Waals surface area contributed by atoms with Crippen molar-refractivity contribution in [1.29, 1.82) is 0 Å². The summed E-state index contributed by atoms with van der Waals surface area (Å²) in [5.74, 6) is 0.143. The number of carbonyl (C=O) groups excluding carboxylic acids is 2. The first-order chi connectivity index (χ1) is 15.5. The van der Waals surface area contributed by atoms with Gasteiger partial charge in [-0.05, 0) is 49.6 Å². The summed E-state index contributed by atoms with van der Waals surface area (Å²) in [6, 6.07) is 15.4. The van der Waals surface area contributed by atoms with Crippen molar-refractivity contribution in [2.75, 3.05) is 12.4 Å². The van der Waals surface area contributed by atoms with Crippen LogP contribution in [0.15, 0.2) is 71.1 Å². The molecule has 0 saturated carbocycles. The fourth-order valence-electron chi connectivity index (χ4n) is 4.50. The standard InChI is InChI=1S/C25H23N3O3S/c1-14-21(24(30)28-25-27-17-6-3-4-9-20(17)32-25)22(15-10-12-16(31-2)13-11-15)23-18(26-14)7-5-8-19(23)29/h3-4,6,9-13,22,26H,5,7-8H2,1-2H3,(H,27,28,30). The second-order valence-electron chi connectivity index (χ2n) is 7.98. The number of ketones is 1. The monoisotopic (exact) mass is 445 g/mol. The van der Waals surface area contributed by atoms with E-state index in [4.69, 9.17) is 4.74 Å². The van der Waals surface area contributed by atoms with Crippen LogP contribution in [0.5, 0.6) is 5.75 Å². The summed E-state index contributed by atoms with van der Waals surface area (Å²) in [6.07, 6.45) is 2.12. The number of Topliss-reactive ketones (excluding diaryl/α,β-unsaturated/α-hetero) is 1.